The van der Waals surface area contributed by atoms with E-state index >= 15 is 0 Å². The monoisotopic (exact) mass is 271 g/mol. The molecule has 2 heteroatoms. The lowest BCUT2D eigenvalue weighted by atomic mass is 10.0. The third-order valence-corrected chi connectivity index (χ3v) is 3.76. The molecule has 1 heterocycles. The minimum absolute atomic E-state index is 0.246. The van der Waals surface area contributed by atoms with Crippen LogP contribution in [0.25, 0.3) is 0 Å². The average molecular weight is 271 g/mol. The van der Waals surface area contributed by atoms with Crippen LogP contribution in [-0.4, -0.2) is 9.67 Å². The highest BCUT2D eigenvalue weighted by Gasteiger charge is 2.13. The van der Waals surface area contributed by atoms with Gasteiger partial charge in [-0.1, -0.05) is 52.0 Å². The number of hydrogen-bond acceptors (Lipinski definition) is 1. The van der Waals surface area contributed by atoms with Crippen molar-refractivity contribution >= 4 is 0 Å². The van der Waals surface area contributed by atoms with Gasteiger partial charge >= 0.3 is 0 Å². The van der Waals surface area contributed by atoms with Crippen LogP contribution in [0, 0.1) is 5.92 Å². The zero-order chi connectivity index (χ0) is 14.7. The number of hydrogen-bond donors (Lipinski definition) is 1. The van der Waals surface area contributed by atoms with E-state index in [1.807, 2.05) is 32.3 Å². The van der Waals surface area contributed by atoms with Crippen LogP contribution >= 0.6 is 0 Å². The van der Waals surface area contributed by atoms with Crippen molar-refractivity contribution in [3.8, 4) is 0 Å². The maximum atomic E-state index is 10.1. The van der Waals surface area contributed by atoms with Crippen molar-refractivity contribution in [1.29, 1.82) is 0 Å². The number of aliphatic hydroxyl groups excluding tert-OH is 1. The molecule has 0 aliphatic heterocycles. The smallest absolute Gasteiger partial charge is 0.0827 e. The molecule has 1 aromatic heterocycles. The molecule has 108 valence electrons. The summed E-state index contributed by atoms with van der Waals surface area (Å²) in [6.45, 7) is 9.34. The molecule has 2 nitrogen and oxygen atoms in total. The summed E-state index contributed by atoms with van der Waals surface area (Å²) >= 11 is 0. The average Bonchev–Trinajstić information content (AvgIpc) is 2.86. The second-order valence-electron chi connectivity index (χ2n) is 6.20. The van der Waals surface area contributed by atoms with E-state index < -0.39 is 0 Å². The van der Waals surface area contributed by atoms with Crippen molar-refractivity contribution in [3.63, 3.8) is 0 Å². The highest BCUT2D eigenvalue weighted by atomic mass is 16.3. The first-order valence-electron chi connectivity index (χ1n) is 7.40. The van der Waals surface area contributed by atoms with Crippen LogP contribution < -0.4 is 0 Å². The Hall–Kier alpha value is -1.54. The Bertz CT molecular complexity index is 537. The standard InChI is InChI=1S/C18H25NO/c1-13(2)16-7-5-15(6-8-16)11-19-10-9-17(12-19)18(20)14(3)4/h5-10,12-14,18,20H,11H2,1-4H3. The van der Waals surface area contributed by atoms with Crippen molar-refractivity contribution in [2.75, 3.05) is 0 Å². The van der Waals surface area contributed by atoms with Gasteiger partial charge < -0.3 is 9.67 Å². The molecular formula is C18H25NO. The van der Waals surface area contributed by atoms with E-state index in [1.54, 1.807) is 0 Å². The van der Waals surface area contributed by atoms with E-state index in [4.69, 9.17) is 0 Å². The predicted molar refractivity (Wildman–Crippen MR) is 83.9 cm³/mol. The van der Waals surface area contributed by atoms with Crippen LogP contribution in [0.2, 0.25) is 0 Å². The zero-order valence-corrected chi connectivity index (χ0v) is 12.9. The van der Waals surface area contributed by atoms with E-state index in [0.717, 1.165) is 12.1 Å². The first-order chi connectivity index (χ1) is 9.47. The summed E-state index contributed by atoms with van der Waals surface area (Å²) < 4.78 is 2.13. The van der Waals surface area contributed by atoms with Crippen molar-refractivity contribution in [2.45, 2.75) is 46.3 Å². The summed E-state index contributed by atoms with van der Waals surface area (Å²) in [5.41, 5.74) is 3.66. The first kappa shape index (κ1) is 14.9. The zero-order valence-electron chi connectivity index (χ0n) is 12.9. The van der Waals surface area contributed by atoms with Gasteiger partial charge in [0.15, 0.2) is 0 Å². The van der Waals surface area contributed by atoms with Gasteiger partial charge in [0, 0.05) is 18.9 Å². The van der Waals surface area contributed by atoms with Crippen LogP contribution in [0.1, 0.15) is 56.4 Å². The third-order valence-electron chi connectivity index (χ3n) is 3.76. The summed E-state index contributed by atoms with van der Waals surface area (Å²) in [6, 6.07) is 10.8. The summed E-state index contributed by atoms with van der Waals surface area (Å²) in [5, 5.41) is 10.1. The second kappa shape index (κ2) is 6.27. The molecule has 0 aliphatic rings. The lowest BCUT2D eigenvalue weighted by molar-refractivity contribution is 0.127. The maximum absolute atomic E-state index is 10.1. The van der Waals surface area contributed by atoms with Gasteiger partial charge in [-0.25, -0.2) is 0 Å². The summed E-state index contributed by atoms with van der Waals surface area (Å²) in [4.78, 5) is 0. The summed E-state index contributed by atoms with van der Waals surface area (Å²) in [5.74, 6) is 0.819. The molecule has 0 spiro atoms. The van der Waals surface area contributed by atoms with Crippen LogP contribution in [0.3, 0.4) is 0 Å². The largest absolute Gasteiger partial charge is 0.388 e. The third kappa shape index (κ3) is 3.51. The minimum Gasteiger partial charge on any atom is -0.388 e. The van der Waals surface area contributed by atoms with E-state index in [2.05, 4.69) is 42.7 Å². The van der Waals surface area contributed by atoms with Gasteiger partial charge in [0.2, 0.25) is 0 Å². The number of benzene rings is 1. The molecule has 1 aromatic carbocycles. The fraction of sp³-hybridized carbons (Fsp3) is 0.444. The Morgan fingerprint density at radius 1 is 0.950 bits per heavy atom. The van der Waals surface area contributed by atoms with Crippen molar-refractivity contribution in [2.24, 2.45) is 5.92 Å². The van der Waals surface area contributed by atoms with Gasteiger partial charge in [-0.3, -0.25) is 0 Å². The van der Waals surface area contributed by atoms with Gasteiger partial charge in [0.1, 0.15) is 0 Å². The molecular weight excluding hydrogens is 246 g/mol. The van der Waals surface area contributed by atoms with Gasteiger partial charge in [0.25, 0.3) is 0 Å². The van der Waals surface area contributed by atoms with Crippen LogP contribution in [0.4, 0.5) is 0 Å². The lowest BCUT2D eigenvalue weighted by Crippen LogP contribution is -2.04. The second-order valence-corrected chi connectivity index (χ2v) is 6.20. The molecule has 2 aromatic rings. The molecule has 0 aliphatic carbocycles. The molecule has 0 amide bonds. The molecule has 1 atom stereocenters. The molecule has 1 unspecified atom stereocenters. The van der Waals surface area contributed by atoms with Crippen LogP contribution in [0.15, 0.2) is 42.7 Å². The Kier molecular flexibility index (Phi) is 4.66. The molecule has 0 bridgehead atoms. The van der Waals surface area contributed by atoms with Crippen molar-refractivity contribution in [1.82, 2.24) is 4.57 Å². The highest BCUT2D eigenvalue weighted by molar-refractivity contribution is 5.25. The minimum atomic E-state index is -0.375. The van der Waals surface area contributed by atoms with Gasteiger partial charge in [-0.05, 0) is 34.6 Å². The fourth-order valence-electron chi connectivity index (χ4n) is 2.34. The molecule has 0 saturated heterocycles. The predicted octanol–water partition coefficient (Wildman–Crippen LogP) is 4.35. The van der Waals surface area contributed by atoms with Gasteiger partial charge in [-0.2, -0.15) is 0 Å². The molecule has 2 rings (SSSR count). The Balaban J connectivity index is 2.07. The topological polar surface area (TPSA) is 25.2 Å². The quantitative estimate of drug-likeness (QED) is 0.859. The molecule has 20 heavy (non-hydrogen) atoms. The van der Waals surface area contributed by atoms with Crippen molar-refractivity contribution in [3.05, 3.63) is 59.4 Å². The molecule has 0 saturated carbocycles. The summed E-state index contributed by atoms with van der Waals surface area (Å²) in [7, 11) is 0. The molecule has 0 fully saturated rings. The number of nitrogens with zero attached hydrogens (tertiary/aromatic N) is 1. The normalized spacial score (nSPS) is 13.2. The van der Waals surface area contributed by atoms with E-state index in [0.29, 0.717) is 5.92 Å². The first-order valence-corrected chi connectivity index (χ1v) is 7.40. The Morgan fingerprint density at radius 2 is 1.60 bits per heavy atom. The van der Waals surface area contributed by atoms with Crippen LogP contribution in [-0.2, 0) is 6.54 Å². The van der Waals surface area contributed by atoms with E-state index in [-0.39, 0.29) is 12.0 Å². The number of aliphatic hydroxyl groups is 1. The van der Waals surface area contributed by atoms with Gasteiger partial charge in [0.05, 0.1) is 6.10 Å². The van der Waals surface area contributed by atoms with Crippen molar-refractivity contribution < 1.29 is 5.11 Å². The molecule has 0 radical (unpaired) electrons. The van der Waals surface area contributed by atoms with E-state index in [1.165, 1.54) is 11.1 Å². The van der Waals surface area contributed by atoms with Crippen LogP contribution in [0.5, 0.6) is 0 Å². The summed E-state index contributed by atoms with van der Waals surface area (Å²) in [6.07, 6.45) is 3.71. The van der Waals surface area contributed by atoms with E-state index in [9.17, 15) is 5.11 Å². The number of aromatic nitrogens is 1. The maximum Gasteiger partial charge on any atom is 0.0827 e. The number of rotatable bonds is 5. The van der Waals surface area contributed by atoms with Gasteiger partial charge in [-0.15, -0.1) is 0 Å². The molecule has 1 N–H and O–H groups in total. The lowest BCUT2D eigenvalue weighted by Gasteiger charge is -2.12. The Morgan fingerprint density at radius 3 is 2.15 bits per heavy atom. The highest BCUT2D eigenvalue weighted by Crippen LogP contribution is 2.22. The Labute approximate surface area is 122 Å². The fourth-order valence-corrected chi connectivity index (χ4v) is 2.34. The SMILES string of the molecule is CC(C)c1ccc(Cn2ccc(C(O)C(C)C)c2)cc1.